The van der Waals surface area contributed by atoms with Gasteiger partial charge in [-0.3, -0.25) is 9.59 Å². The summed E-state index contributed by atoms with van der Waals surface area (Å²) in [5, 5.41) is 4.60. The molecule has 1 saturated heterocycles. The summed E-state index contributed by atoms with van der Waals surface area (Å²) in [7, 11) is 0. The van der Waals surface area contributed by atoms with Gasteiger partial charge in [-0.25, -0.2) is 4.79 Å². The van der Waals surface area contributed by atoms with E-state index in [0.29, 0.717) is 18.5 Å². The van der Waals surface area contributed by atoms with Crippen molar-refractivity contribution in [2.45, 2.75) is 38.8 Å². The summed E-state index contributed by atoms with van der Waals surface area (Å²) in [4.78, 5) is 39.5. The standard InChI is InChI=1S/C28H27N2O4/c1-3-34-28(33)19(2)29-26(31)25-9-6-16-30(25)27(32)24-15-14-22-17-21(12-13-23(22)18-24)11-10-20-7-4-5-8-20/h4-5,7-8,12-15,17-19,25H,3,6,9,16H2,1-2H3,(H,29,31)/t19-,25-/m0/s1. The van der Waals surface area contributed by atoms with Crippen LogP contribution in [-0.4, -0.2) is 47.9 Å². The third-order valence-electron chi connectivity index (χ3n) is 5.92. The molecule has 34 heavy (non-hydrogen) atoms. The molecule has 6 nitrogen and oxygen atoms in total. The maximum absolute atomic E-state index is 13.3. The summed E-state index contributed by atoms with van der Waals surface area (Å²) < 4.78 is 4.95. The predicted octanol–water partition coefficient (Wildman–Crippen LogP) is 3.27. The van der Waals surface area contributed by atoms with E-state index < -0.39 is 18.1 Å². The van der Waals surface area contributed by atoms with E-state index in [2.05, 4.69) is 17.2 Å². The lowest BCUT2D eigenvalue weighted by Gasteiger charge is -2.25. The molecule has 2 fully saturated rings. The minimum Gasteiger partial charge on any atom is -0.464 e. The van der Waals surface area contributed by atoms with Gasteiger partial charge in [-0.1, -0.05) is 24.0 Å². The van der Waals surface area contributed by atoms with Crippen molar-refractivity contribution in [3.05, 3.63) is 79.1 Å². The zero-order valence-corrected chi connectivity index (χ0v) is 19.3. The summed E-state index contributed by atoms with van der Waals surface area (Å²) in [6.45, 7) is 4.04. The van der Waals surface area contributed by atoms with Crippen LogP contribution in [0.3, 0.4) is 0 Å². The van der Waals surface area contributed by atoms with E-state index in [1.54, 1.807) is 24.8 Å². The fraction of sp³-hybridized carbons (Fsp3) is 0.286. The number of ether oxygens (including phenoxy) is 1. The van der Waals surface area contributed by atoms with Gasteiger partial charge in [-0.05, 0) is 87.4 Å². The molecule has 2 aromatic rings. The number of likely N-dealkylation sites (tertiary alicyclic amines) is 1. The van der Waals surface area contributed by atoms with Crippen molar-refractivity contribution >= 4 is 28.6 Å². The number of hydrogen-bond acceptors (Lipinski definition) is 4. The average Bonchev–Trinajstić information content (AvgIpc) is 3.54. The smallest absolute Gasteiger partial charge is 0.328 e. The number of nitrogens with zero attached hydrogens (tertiary/aromatic N) is 1. The molecular formula is C28H27N2O4. The molecule has 4 rings (SSSR count). The molecule has 1 aliphatic carbocycles. The van der Waals surface area contributed by atoms with E-state index in [-0.39, 0.29) is 18.4 Å². The lowest BCUT2D eigenvalue weighted by atomic mass is 10.0. The van der Waals surface area contributed by atoms with Gasteiger partial charge in [-0.15, -0.1) is 0 Å². The van der Waals surface area contributed by atoms with E-state index in [9.17, 15) is 14.4 Å². The third kappa shape index (κ3) is 5.41. The van der Waals surface area contributed by atoms with E-state index >= 15 is 0 Å². The van der Waals surface area contributed by atoms with Gasteiger partial charge >= 0.3 is 5.97 Å². The Morgan fingerprint density at radius 3 is 2.59 bits per heavy atom. The maximum atomic E-state index is 13.3. The van der Waals surface area contributed by atoms with E-state index in [4.69, 9.17) is 4.74 Å². The Morgan fingerprint density at radius 2 is 1.82 bits per heavy atom. The van der Waals surface area contributed by atoms with Crippen molar-refractivity contribution in [3.63, 3.8) is 0 Å². The first-order valence-electron chi connectivity index (χ1n) is 11.5. The van der Waals surface area contributed by atoms with Crippen molar-refractivity contribution < 1.29 is 19.1 Å². The highest BCUT2D eigenvalue weighted by Gasteiger charge is 2.35. The summed E-state index contributed by atoms with van der Waals surface area (Å²) >= 11 is 0. The van der Waals surface area contributed by atoms with Crippen LogP contribution >= 0.6 is 0 Å². The van der Waals surface area contributed by atoms with Crippen molar-refractivity contribution in [1.29, 1.82) is 0 Å². The predicted molar refractivity (Wildman–Crippen MR) is 130 cm³/mol. The molecule has 1 N–H and O–H groups in total. The van der Waals surface area contributed by atoms with Crippen LogP contribution in [0.15, 0.2) is 36.4 Å². The van der Waals surface area contributed by atoms with Crippen molar-refractivity contribution in [3.8, 4) is 11.8 Å². The second-order valence-corrected chi connectivity index (χ2v) is 8.34. The molecule has 1 heterocycles. The SMILES string of the molecule is CCOC(=O)[C@H](C)NC(=O)[C@@H]1CCCN1C(=O)c1ccc2cc(C#C[C]3[CH][CH][CH][CH]3)ccc2c1. The van der Waals surface area contributed by atoms with Gasteiger partial charge in [0.15, 0.2) is 0 Å². The maximum Gasteiger partial charge on any atom is 0.328 e. The Balaban J connectivity index is 1.46. The molecule has 1 aliphatic heterocycles. The second-order valence-electron chi connectivity index (χ2n) is 8.34. The number of nitrogens with one attached hydrogen (secondary N) is 1. The Hall–Kier alpha value is -3.33. The Morgan fingerprint density at radius 1 is 1.09 bits per heavy atom. The van der Waals surface area contributed by atoms with E-state index in [1.165, 1.54) is 0 Å². The van der Waals surface area contributed by atoms with Gasteiger partial charge in [0.05, 0.1) is 12.5 Å². The first kappa shape index (κ1) is 23.8. The normalized spacial score (nSPS) is 18.9. The first-order chi connectivity index (χ1) is 16.5. The molecule has 0 bridgehead atoms. The molecule has 1 saturated carbocycles. The van der Waals surface area contributed by atoms with E-state index in [0.717, 1.165) is 28.7 Å². The number of rotatable bonds is 5. The van der Waals surface area contributed by atoms with Gasteiger partial charge in [0.25, 0.3) is 5.91 Å². The highest BCUT2D eigenvalue weighted by atomic mass is 16.5. The lowest BCUT2D eigenvalue weighted by molar-refractivity contribution is -0.147. The quantitative estimate of drug-likeness (QED) is 0.555. The third-order valence-corrected chi connectivity index (χ3v) is 5.92. The summed E-state index contributed by atoms with van der Waals surface area (Å²) in [5.41, 5.74) is 1.43. The molecule has 173 valence electrons. The molecule has 0 unspecified atom stereocenters. The number of benzene rings is 2. The molecule has 6 heteroatoms. The van der Waals surface area contributed by atoms with Crippen molar-refractivity contribution in [2.75, 3.05) is 13.2 Å². The van der Waals surface area contributed by atoms with Crippen molar-refractivity contribution in [2.24, 2.45) is 0 Å². The Kier molecular flexibility index (Phi) is 7.52. The lowest BCUT2D eigenvalue weighted by Crippen LogP contribution is -2.50. The van der Waals surface area contributed by atoms with E-state index in [1.807, 2.05) is 56.0 Å². The first-order valence-corrected chi connectivity index (χ1v) is 11.5. The van der Waals surface area contributed by atoms with Gasteiger partial charge in [0.1, 0.15) is 12.1 Å². The summed E-state index contributed by atoms with van der Waals surface area (Å²) in [5.74, 6) is 6.27. The van der Waals surface area contributed by atoms with Gasteiger partial charge in [0, 0.05) is 17.7 Å². The Labute approximate surface area is 201 Å². The fourth-order valence-electron chi connectivity index (χ4n) is 4.14. The number of carbonyl (C=O) groups excluding carboxylic acids is 3. The second kappa shape index (κ2) is 10.7. The Bertz CT molecular complexity index is 1140. The molecule has 5 radical (unpaired) electrons. The van der Waals surface area contributed by atoms with Crippen LogP contribution in [0.4, 0.5) is 0 Å². The number of esters is 1. The number of hydrogen-bond donors (Lipinski definition) is 1. The fourth-order valence-corrected chi connectivity index (χ4v) is 4.14. The molecule has 2 aliphatic rings. The van der Waals surface area contributed by atoms with Gasteiger partial charge in [0.2, 0.25) is 5.91 Å². The van der Waals surface area contributed by atoms with Crippen LogP contribution < -0.4 is 5.32 Å². The molecular weight excluding hydrogens is 428 g/mol. The monoisotopic (exact) mass is 455 g/mol. The molecule has 2 amide bonds. The molecule has 2 atom stereocenters. The van der Waals surface area contributed by atoms with Crippen molar-refractivity contribution in [1.82, 2.24) is 10.2 Å². The number of amides is 2. The topological polar surface area (TPSA) is 75.7 Å². The largest absolute Gasteiger partial charge is 0.464 e. The highest BCUT2D eigenvalue weighted by Crippen LogP contribution is 2.24. The van der Waals surface area contributed by atoms with Crippen LogP contribution in [0, 0.1) is 43.4 Å². The minimum absolute atomic E-state index is 0.191. The molecule has 2 aromatic carbocycles. The highest BCUT2D eigenvalue weighted by molar-refractivity contribution is 6.01. The zero-order valence-electron chi connectivity index (χ0n) is 19.3. The zero-order chi connectivity index (χ0) is 24.1. The van der Waals surface area contributed by atoms with Crippen LogP contribution in [0.5, 0.6) is 0 Å². The summed E-state index contributed by atoms with van der Waals surface area (Å²) in [6.07, 6.45) is 9.14. The molecule has 0 spiro atoms. The van der Waals surface area contributed by atoms with Crippen LogP contribution in [0.25, 0.3) is 10.8 Å². The van der Waals surface area contributed by atoms with Crippen LogP contribution in [-0.2, 0) is 14.3 Å². The van der Waals surface area contributed by atoms with Crippen LogP contribution in [0.1, 0.15) is 42.6 Å². The minimum atomic E-state index is -0.762. The van der Waals surface area contributed by atoms with Gasteiger partial charge < -0.3 is 15.0 Å². The number of fused-ring (bicyclic) bond motifs is 1. The average molecular weight is 456 g/mol. The summed E-state index contributed by atoms with van der Waals surface area (Å²) in [6, 6.07) is 10.1. The van der Waals surface area contributed by atoms with Crippen LogP contribution in [0.2, 0.25) is 0 Å². The number of carbonyl (C=O) groups is 3. The van der Waals surface area contributed by atoms with Gasteiger partial charge in [-0.2, -0.15) is 0 Å². The molecule has 0 aromatic heterocycles.